The van der Waals surface area contributed by atoms with Crippen LogP contribution in [-0.2, 0) is 4.74 Å². The molecule has 0 bridgehead atoms. The monoisotopic (exact) mass is 249 g/mol. The van der Waals surface area contributed by atoms with Crippen molar-refractivity contribution in [3.05, 3.63) is 28.4 Å². The first-order valence-corrected chi connectivity index (χ1v) is 6.23. The molecule has 96 valence electrons. The van der Waals surface area contributed by atoms with Crippen molar-refractivity contribution in [3.8, 4) is 0 Å². The van der Waals surface area contributed by atoms with Crippen molar-refractivity contribution in [1.29, 1.82) is 0 Å². The number of nitrogens with one attached hydrogen (secondary N) is 1. The number of nitro groups is 1. The van der Waals surface area contributed by atoms with E-state index in [-0.39, 0.29) is 18.0 Å². The number of nitrogens with zero attached hydrogens (tertiary/aromatic N) is 2. The van der Waals surface area contributed by atoms with Crippen LogP contribution in [0.2, 0.25) is 0 Å². The molecule has 1 saturated heterocycles. The molecule has 1 N–H and O–H groups in total. The Labute approximate surface area is 105 Å². The Morgan fingerprint density at radius 3 is 3.00 bits per heavy atom. The summed E-state index contributed by atoms with van der Waals surface area (Å²) in [6.07, 6.45) is 4.94. The molecule has 3 rings (SSSR count). The average Bonchev–Trinajstić information content (AvgIpc) is 3.11. The van der Waals surface area contributed by atoms with Gasteiger partial charge in [-0.3, -0.25) is 0 Å². The zero-order valence-electron chi connectivity index (χ0n) is 9.91. The largest absolute Gasteiger partial charge is 0.386 e. The molecular formula is C12H15N3O3. The fourth-order valence-corrected chi connectivity index (χ4v) is 2.51. The first kappa shape index (κ1) is 11.4. The van der Waals surface area contributed by atoms with Gasteiger partial charge in [0.25, 0.3) is 0 Å². The molecule has 2 fully saturated rings. The van der Waals surface area contributed by atoms with E-state index in [1.54, 1.807) is 12.1 Å². The van der Waals surface area contributed by atoms with Crippen molar-refractivity contribution in [3.63, 3.8) is 0 Å². The standard InChI is InChI=1S/C12H15N3O3/c16-15(17)12-10(2-1-6-13-12)14-9-5-7-18-11(9)8-3-4-8/h1-2,6,8-9,11,14H,3-5,7H2. The summed E-state index contributed by atoms with van der Waals surface area (Å²) in [5.74, 6) is 0.514. The summed E-state index contributed by atoms with van der Waals surface area (Å²) in [5, 5.41) is 14.1. The summed E-state index contributed by atoms with van der Waals surface area (Å²) < 4.78 is 5.71. The van der Waals surface area contributed by atoms with Crippen LogP contribution in [0.15, 0.2) is 18.3 Å². The molecule has 6 heteroatoms. The summed E-state index contributed by atoms with van der Waals surface area (Å²) in [7, 11) is 0. The van der Waals surface area contributed by atoms with Crippen molar-refractivity contribution in [2.24, 2.45) is 5.92 Å². The van der Waals surface area contributed by atoms with E-state index in [1.807, 2.05) is 0 Å². The quantitative estimate of drug-likeness (QED) is 0.652. The SMILES string of the molecule is O=[N+]([O-])c1ncccc1NC1CCOC1C1CC1. The molecule has 2 heterocycles. The maximum atomic E-state index is 10.9. The van der Waals surface area contributed by atoms with Gasteiger partial charge in [-0.2, -0.15) is 0 Å². The summed E-state index contributed by atoms with van der Waals surface area (Å²) in [6.45, 7) is 0.729. The highest BCUT2D eigenvalue weighted by atomic mass is 16.6. The van der Waals surface area contributed by atoms with Gasteiger partial charge < -0.3 is 20.2 Å². The van der Waals surface area contributed by atoms with Crippen LogP contribution >= 0.6 is 0 Å². The van der Waals surface area contributed by atoms with Crippen LogP contribution < -0.4 is 5.32 Å². The number of aromatic nitrogens is 1. The van der Waals surface area contributed by atoms with Gasteiger partial charge in [0, 0.05) is 6.61 Å². The van der Waals surface area contributed by atoms with Crippen LogP contribution in [-0.4, -0.2) is 28.7 Å². The lowest BCUT2D eigenvalue weighted by Crippen LogP contribution is -2.31. The second kappa shape index (κ2) is 4.53. The maximum absolute atomic E-state index is 10.9. The van der Waals surface area contributed by atoms with Gasteiger partial charge in [-0.05, 0) is 47.2 Å². The first-order chi connectivity index (χ1) is 8.75. The van der Waals surface area contributed by atoms with E-state index in [4.69, 9.17) is 4.74 Å². The van der Waals surface area contributed by atoms with Gasteiger partial charge in [0.05, 0.1) is 12.1 Å². The van der Waals surface area contributed by atoms with Crippen molar-refractivity contribution in [2.75, 3.05) is 11.9 Å². The van der Waals surface area contributed by atoms with Gasteiger partial charge in [0.15, 0.2) is 0 Å². The first-order valence-electron chi connectivity index (χ1n) is 6.23. The van der Waals surface area contributed by atoms with Crippen LogP contribution in [0.3, 0.4) is 0 Å². The predicted octanol–water partition coefficient (Wildman–Crippen LogP) is 1.97. The number of hydrogen-bond acceptors (Lipinski definition) is 5. The molecule has 18 heavy (non-hydrogen) atoms. The lowest BCUT2D eigenvalue weighted by molar-refractivity contribution is -0.388. The third-order valence-electron chi connectivity index (χ3n) is 3.52. The highest BCUT2D eigenvalue weighted by molar-refractivity contribution is 5.57. The minimum Gasteiger partial charge on any atom is -0.376 e. The van der Waals surface area contributed by atoms with Crippen molar-refractivity contribution >= 4 is 11.5 Å². The Balaban J connectivity index is 1.77. The summed E-state index contributed by atoms with van der Waals surface area (Å²) in [4.78, 5) is 14.2. The summed E-state index contributed by atoms with van der Waals surface area (Å²) in [5.41, 5.74) is 0.489. The average molecular weight is 249 g/mol. The van der Waals surface area contributed by atoms with E-state index in [1.165, 1.54) is 19.0 Å². The molecule has 1 aromatic heterocycles. The third-order valence-corrected chi connectivity index (χ3v) is 3.52. The van der Waals surface area contributed by atoms with Gasteiger partial charge in [-0.1, -0.05) is 0 Å². The normalized spacial score (nSPS) is 27.1. The Morgan fingerprint density at radius 1 is 1.44 bits per heavy atom. The molecule has 2 atom stereocenters. The van der Waals surface area contributed by atoms with Crippen LogP contribution in [0.1, 0.15) is 19.3 Å². The van der Waals surface area contributed by atoms with E-state index in [0.717, 1.165) is 13.0 Å². The Morgan fingerprint density at radius 2 is 2.28 bits per heavy atom. The highest BCUT2D eigenvalue weighted by Crippen LogP contribution is 2.40. The predicted molar refractivity (Wildman–Crippen MR) is 65.4 cm³/mol. The van der Waals surface area contributed by atoms with Crippen LogP contribution in [0.4, 0.5) is 11.5 Å². The minimum absolute atomic E-state index is 0.112. The second-order valence-electron chi connectivity index (χ2n) is 4.84. The van der Waals surface area contributed by atoms with Crippen LogP contribution in [0, 0.1) is 16.0 Å². The zero-order chi connectivity index (χ0) is 12.5. The minimum atomic E-state index is -0.454. The molecule has 0 radical (unpaired) electrons. The number of anilines is 1. The lowest BCUT2D eigenvalue weighted by atomic mass is 10.1. The van der Waals surface area contributed by atoms with E-state index in [9.17, 15) is 10.1 Å². The molecule has 0 spiro atoms. The van der Waals surface area contributed by atoms with Crippen molar-refractivity contribution in [1.82, 2.24) is 4.98 Å². The van der Waals surface area contributed by atoms with E-state index < -0.39 is 4.92 Å². The number of hydrogen-bond donors (Lipinski definition) is 1. The fourth-order valence-electron chi connectivity index (χ4n) is 2.51. The third kappa shape index (κ3) is 2.15. The molecule has 6 nitrogen and oxygen atoms in total. The van der Waals surface area contributed by atoms with Gasteiger partial charge in [-0.15, -0.1) is 0 Å². The summed E-state index contributed by atoms with van der Waals surface area (Å²) in [6, 6.07) is 3.57. The molecule has 2 aliphatic rings. The maximum Gasteiger partial charge on any atom is 0.386 e. The molecule has 1 aliphatic carbocycles. The number of ether oxygens (including phenoxy) is 1. The summed E-state index contributed by atoms with van der Waals surface area (Å²) >= 11 is 0. The molecule has 0 amide bonds. The van der Waals surface area contributed by atoms with E-state index in [2.05, 4.69) is 10.3 Å². The van der Waals surface area contributed by atoms with Gasteiger partial charge >= 0.3 is 5.82 Å². The zero-order valence-corrected chi connectivity index (χ0v) is 9.91. The number of rotatable bonds is 4. The van der Waals surface area contributed by atoms with Crippen molar-refractivity contribution < 1.29 is 9.66 Å². The van der Waals surface area contributed by atoms with E-state index >= 15 is 0 Å². The van der Waals surface area contributed by atoms with Gasteiger partial charge in [-0.25, -0.2) is 0 Å². The Hall–Kier alpha value is -1.69. The molecular weight excluding hydrogens is 234 g/mol. The second-order valence-corrected chi connectivity index (χ2v) is 4.84. The molecule has 0 aromatic carbocycles. The molecule has 1 aliphatic heterocycles. The fraction of sp³-hybridized carbons (Fsp3) is 0.583. The smallest absolute Gasteiger partial charge is 0.376 e. The molecule has 1 aromatic rings. The van der Waals surface area contributed by atoms with Gasteiger partial charge in [0.2, 0.25) is 0 Å². The Bertz CT molecular complexity index is 462. The van der Waals surface area contributed by atoms with E-state index in [0.29, 0.717) is 11.6 Å². The van der Waals surface area contributed by atoms with Crippen LogP contribution in [0.25, 0.3) is 0 Å². The lowest BCUT2D eigenvalue weighted by Gasteiger charge is -2.20. The number of pyridine rings is 1. The Kier molecular flexibility index (Phi) is 2.87. The van der Waals surface area contributed by atoms with Crippen molar-refractivity contribution in [2.45, 2.75) is 31.4 Å². The topological polar surface area (TPSA) is 77.3 Å². The molecule has 2 unspecified atom stereocenters. The molecule has 1 saturated carbocycles. The van der Waals surface area contributed by atoms with Gasteiger partial charge in [0.1, 0.15) is 11.9 Å². The van der Waals surface area contributed by atoms with Crippen LogP contribution in [0.5, 0.6) is 0 Å². The highest BCUT2D eigenvalue weighted by Gasteiger charge is 2.41.